The molecule has 0 saturated carbocycles. The van der Waals surface area contributed by atoms with Crippen LogP contribution in [0.3, 0.4) is 0 Å². The molecule has 1 saturated heterocycles. The van der Waals surface area contributed by atoms with Gasteiger partial charge in [-0.05, 0) is 18.2 Å². The molecule has 1 N–H and O–H groups in total. The molecule has 0 amide bonds. The van der Waals surface area contributed by atoms with Gasteiger partial charge in [0.15, 0.2) is 5.70 Å². The quantitative estimate of drug-likeness (QED) is 0.656. The Morgan fingerprint density at radius 1 is 1.38 bits per heavy atom. The van der Waals surface area contributed by atoms with E-state index in [1.807, 2.05) is 18.2 Å². The molecule has 3 rings (SSSR count). The van der Waals surface area contributed by atoms with Gasteiger partial charge in [-0.25, -0.2) is 9.79 Å². The van der Waals surface area contributed by atoms with Gasteiger partial charge in [0.2, 0.25) is 5.90 Å². The fourth-order valence-electron chi connectivity index (χ4n) is 2.26. The molecule has 6 nitrogen and oxygen atoms in total. The molecule has 0 unspecified atom stereocenters. The second-order valence-electron chi connectivity index (χ2n) is 4.84. The lowest BCUT2D eigenvalue weighted by molar-refractivity contribution is -0.130. The van der Waals surface area contributed by atoms with Crippen molar-refractivity contribution in [3.8, 4) is 5.75 Å². The van der Waals surface area contributed by atoms with Crippen LogP contribution in [0, 0.1) is 0 Å². The van der Waals surface area contributed by atoms with Crippen LogP contribution >= 0.6 is 0 Å². The lowest BCUT2D eigenvalue weighted by atomic mass is 10.2. The molecule has 6 heteroatoms. The molecule has 110 valence electrons. The zero-order valence-corrected chi connectivity index (χ0v) is 11.8. The van der Waals surface area contributed by atoms with E-state index in [2.05, 4.69) is 15.2 Å². The highest BCUT2D eigenvalue weighted by Crippen LogP contribution is 2.20. The number of hydrogen-bond donors (Lipinski definition) is 1. The van der Waals surface area contributed by atoms with Crippen molar-refractivity contribution in [1.82, 2.24) is 10.2 Å². The Labute approximate surface area is 123 Å². The first-order valence-electron chi connectivity index (χ1n) is 6.88. The van der Waals surface area contributed by atoms with E-state index in [1.165, 1.54) is 0 Å². The third-order valence-electron chi connectivity index (χ3n) is 3.39. The average Bonchev–Trinajstić information content (AvgIpc) is 2.89. The molecule has 0 spiro atoms. The molecule has 0 atom stereocenters. The van der Waals surface area contributed by atoms with Crippen molar-refractivity contribution in [3.63, 3.8) is 0 Å². The summed E-state index contributed by atoms with van der Waals surface area (Å²) < 4.78 is 10.4. The summed E-state index contributed by atoms with van der Waals surface area (Å²) in [7, 11) is 1.59. The monoisotopic (exact) mass is 287 g/mol. The molecule has 21 heavy (non-hydrogen) atoms. The Balaban J connectivity index is 1.82. The number of esters is 1. The fraction of sp³-hybridized carbons (Fsp3) is 0.333. The van der Waals surface area contributed by atoms with Crippen LogP contribution in [0.25, 0.3) is 0 Å². The first-order chi connectivity index (χ1) is 10.3. The van der Waals surface area contributed by atoms with Gasteiger partial charge in [-0.15, -0.1) is 0 Å². The smallest absolute Gasteiger partial charge is 0.365 e. The maximum absolute atomic E-state index is 11.9. The van der Waals surface area contributed by atoms with E-state index in [-0.39, 0.29) is 0 Å². The van der Waals surface area contributed by atoms with Crippen LogP contribution in [0.2, 0.25) is 0 Å². The molecule has 1 fully saturated rings. The van der Waals surface area contributed by atoms with Crippen molar-refractivity contribution < 1.29 is 14.3 Å². The minimum absolute atomic E-state index is 0.320. The molecule has 0 bridgehead atoms. The molecule has 2 aliphatic heterocycles. The second-order valence-corrected chi connectivity index (χ2v) is 4.84. The van der Waals surface area contributed by atoms with Gasteiger partial charge in [-0.2, -0.15) is 0 Å². The number of carbonyl (C=O) groups is 1. The summed E-state index contributed by atoms with van der Waals surface area (Å²) in [5, 5.41) is 3.26. The minimum Gasteiger partial charge on any atom is -0.497 e. The molecule has 0 aromatic heterocycles. The predicted molar refractivity (Wildman–Crippen MR) is 78.1 cm³/mol. The number of piperazine rings is 1. The van der Waals surface area contributed by atoms with Gasteiger partial charge >= 0.3 is 5.97 Å². The Hall–Kier alpha value is -2.34. The largest absolute Gasteiger partial charge is 0.497 e. The van der Waals surface area contributed by atoms with E-state index in [4.69, 9.17) is 9.47 Å². The number of rotatable bonds is 3. The number of carbonyl (C=O) groups excluding carboxylic acids is 1. The van der Waals surface area contributed by atoms with Crippen LogP contribution in [0.5, 0.6) is 5.75 Å². The summed E-state index contributed by atoms with van der Waals surface area (Å²) in [5.74, 6) is 0.609. The second kappa shape index (κ2) is 5.97. The molecule has 0 aliphatic carbocycles. The maximum atomic E-state index is 11.9. The number of cyclic esters (lactones) is 1. The van der Waals surface area contributed by atoms with Crippen LogP contribution in [0.4, 0.5) is 0 Å². The zero-order chi connectivity index (χ0) is 14.7. The lowest BCUT2D eigenvalue weighted by Gasteiger charge is -2.25. The first-order valence-corrected chi connectivity index (χ1v) is 6.88. The number of hydrogen-bond acceptors (Lipinski definition) is 6. The van der Waals surface area contributed by atoms with E-state index in [1.54, 1.807) is 19.4 Å². The lowest BCUT2D eigenvalue weighted by Crippen LogP contribution is -2.40. The van der Waals surface area contributed by atoms with Crippen molar-refractivity contribution in [1.29, 1.82) is 0 Å². The normalized spacial score (nSPS) is 20.4. The standard InChI is InChI=1S/C15H17N3O3/c1-20-12-4-2-3-11(9-12)14-17-13(15(19)21-14)10-18-7-5-16-6-8-18/h2-4,9-10,16H,5-8H2,1H3/b13-10+. The molecular formula is C15H17N3O3. The summed E-state index contributed by atoms with van der Waals surface area (Å²) in [6.45, 7) is 3.54. The molecule has 2 heterocycles. The summed E-state index contributed by atoms with van der Waals surface area (Å²) in [4.78, 5) is 18.3. The van der Waals surface area contributed by atoms with E-state index in [0.29, 0.717) is 17.3 Å². The van der Waals surface area contributed by atoms with Crippen LogP contribution in [0.15, 0.2) is 41.2 Å². The molecule has 1 aromatic carbocycles. The van der Waals surface area contributed by atoms with Crippen LogP contribution in [0.1, 0.15) is 5.56 Å². The highest BCUT2D eigenvalue weighted by Gasteiger charge is 2.25. The SMILES string of the molecule is COc1cccc(C2=N/C(=C/N3CCNCC3)C(=O)O2)c1. The molecule has 0 radical (unpaired) electrons. The van der Waals surface area contributed by atoms with Crippen molar-refractivity contribution in [2.24, 2.45) is 4.99 Å². The number of aliphatic imine (C=N–C) groups is 1. The third-order valence-corrected chi connectivity index (χ3v) is 3.39. The van der Waals surface area contributed by atoms with E-state index in [9.17, 15) is 4.79 Å². The topological polar surface area (TPSA) is 63.2 Å². The minimum atomic E-state index is -0.411. The molecular weight excluding hydrogens is 270 g/mol. The Morgan fingerprint density at radius 3 is 2.95 bits per heavy atom. The number of nitrogens with zero attached hydrogens (tertiary/aromatic N) is 2. The maximum Gasteiger partial charge on any atom is 0.365 e. The predicted octanol–water partition coefficient (Wildman–Crippen LogP) is 0.745. The number of ether oxygens (including phenoxy) is 2. The van der Waals surface area contributed by atoms with Gasteiger partial charge in [0.1, 0.15) is 5.75 Å². The van der Waals surface area contributed by atoms with Gasteiger partial charge in [0.05, 0.1) is 7.11 Å². The van der Waals surface area contributed by atoms with Gasteiger partial charge < -0.3 is 19.7 Å². The van der Waals surface area contributed by atoms with Gasteiger partial charge in [-0.1, -0.05) is 6.07 Å². The van der Waals surface area contributed by atoms with Crippen molar-refractivity contribution in [3.05, 3.63) is 41.7 Å². The number of nitrogens with one attached hydrogen (secondary N) is 1. The van der Waals surface area contributed by atoms with E-state index < -0.39 is 5.97 Å². The van der Waals surface area contributed by atoms with Crippen LogP contribution in [-0.4, -0.2) is 50.1 Å². The zero-order valence-electron chi connectivity index (χ0n) is 11.8. The summed E-state index contributed by atoms with van der Waals surface area (Å²) >= 11 is 0. The highest BCUT2D eigenvalue weighted by molar-refractivity contribution is 6.11. The average molecular weight is 287 g/mol. The van der Waals surface area contributed by atoms with Gasteiger partial charge in [-0.3, -0.25) is 0 Å². The Bertz CT molecular complexity index is 604. The number of benzene rings is 1. The van der Waals surface area contributed by atoms with Crippen molar-refractivity contribution >= 4 is 11.9 Å². The first kappa shape index (κ1) is 13.6. The van der Waals surface area contributed by atoms with Gasteiger partial charge in [0.25, 0.3) is 0 Å². The van der Waals surface area contributed by atoms with Crippen LogP contribution in [-0.2, 0) is 9.53 Å². The van der Waals surface area contributed by atoms with E-state index in [0.717, 1.165) is 31.7 Å². The summed E-state index contributed by atoms with van der Waals surface area (Å²) in [6, 6.07) is 7.29. The van der Waals surface area contributed by atoms with E-state index >= 15 is 0 Å². The fourth-order valence-corrected chi connectivity index (χ4v) is 2.26. The van der Waals surface area contributed by atoms with Gasteiger partial charge in [0, 0.05) is 37.9 Å². The Kier molecular flexibility index (Phi) is 3.87. The summed E-state index contributed by atoms with van der Waals surface area (Å²) in [6.07, 6.45) is 1.77. The van der Waals surface area contributed by atoms with Crippen molar-refractivity contribution in [2.75, 3.05) is 33.3 Å². The highest BCUT2D eigenvalue weighted by atomic mass is 16.6. The Morgan fingerprint density at radius 2 is 2.19 bits per heavy atom. The molecule has 2 aliphatic rings. The van der Waals surface area contributed by atoms with Crippen molar-refractivity contribution in [2.45, 2.75) is 0 Å². The third kappa shape index (κ3) is 3.05. The van der Waals surface area contributed by atoms with Crippen LogP contribution < -0.4 is 10.1 Å². The number of methoxy groups -OCH3 is 1. The summed E-state index contributed by atoms with van der Waals surface area (Å²) in [5.41, 5.74) is 1.07. The molecule has 1 aromatic rings.